The van der Waals surface area contributed by atoms with Crippen LogP contribution in [0, 0.1) is 5.92 Å². The maximum Gasteiger partial charge on any atom is 0.287 e. The summed E-state index contributed by atoms with van der Waals surface area (Å²) in [6.07, 6.45) is 0.874. The summed E-state index contributed by atoms with van der Waals surface area (Å²) < 4.78 is 5.87. The molecule has 0 aliphatic heterocycles. The van der Waals surface area contributed by atoms with E-state index in [1.165, 1.54) is 0 Å². The first-order valence-electron chi connectivity index (χ1n) is 9.39. The van der Waals surface area contributed by atoms with E-state index in [1.807, 2.05) is 48.5 Å². The summed E-state index contributed by atoms with van der Waals surface area (Å²) in [5.41, 5.74) is 1.85. The maximum absolute atomic E-state index is 12.9. The van der Waals surface area contributed by atoms with Crippen molar-refractivity contribution in [1.82, 2.24) is 5.32 Å². The largest absolute Gasteiger partial charge is 0.451 e. The molecule has 3 heteroatoms. The summed E-state index contributed by atoms with van der Waals surface area (Å²) in [7, 11) is 0. The molecule has 0 saturated carbocycles. The van der Waals surface area contributed by atoms with Gasteiger partial charge in [0.15, 0.2) is 5.76 Å². The van der Waals surface area contributed by atoms with E-state index in [-0.39, 0.29) is 11.9 Å². The van der Waals surface area contributed by atoms with Gasteiger partial charge in [-0.1, -0.05) is 74.5 Å². The number of benzene rings is 3. The first-order chi connectivity index (χ1) is 13.1. The van der Waals surface area contributed by atoms with Gasteiger partial charge < -0.3 is 9.73 Å². The fourth-order valence-corrected chi connectivity index (χ4v) is 3.57. The average molecular weight is 357 g/mol. The Bertz CT molecular complexity index is 1080. The number of hydrogen-bond acceptors (Lipinski definition) is 2. The number of rotatable bonds is 5. The molecule has 1 atom stereocenters. The van der Waals surface area contributed by atoms with Gasteiger partial charge in [-0.2, -0.15) is 0 Å². The van der Waals surface area contributed by atoms with Crippen LogP contribution in [-0.2, 0) is 0 Å². The van der Waals surface area contributed by atoms with Crippen molar-refractivity contribution >= 4 is 27.6 Å². The minimum Gasteiger partial charge on any atom is -0.451 e. The molecule has 1 heterocycles. The van der Waals surface area contributed by atoms with Crippen molar-refractivity contribution in [2.45, 2.75) is 26.3 Å². The highest BCUT2D eigenvalue weighted by atomic mass is 16.3. The van der Waals surface area contributed by atoms with Crippen LogP contribution in [0.3, 0.4) is 0 Å². The Labute approximate surface area is 159 Å². The number of hydrogen-bond donors (Lipinski definition) is 1. The van der Waals surface area contributed by atoms with Crippen LogP contribution in [-0.4, -0.2) is 5.91 Å². The van der Waals surface area contributed by atoms with Crippen molar-refractivity contribution in [3.8, 4) is 0 Å². The van der Waals surface area contributed by atoms with Crippen LogP contribution in [0.15, 0.2) is 77.2 Å². The van der Waals surface area contributed by atoms with E-state index < -0.39 is 0 Å². The Balaban J connectivity index is 1.66. The van der Waals surface area contributed by atoms with E-state index in [9.17, 15) is 4.79 Å². The normalized spacial score (nSPS) is 12.6. The van der Waals surface area contributed by atoms with Gasteiger partial charge in [0.2, 0.25) is 0 Å². The minimum absolute atomic E-state index is 0.0383. The molecule has 0 aliphatic carbocycles. The molecule has 1 aromatic heterocycles. The fourth-order valence-electron chi connectivity index (χ4n) is 3.57. The second kappa shape index (κ2) is 7.28. The summed E-state index contributed by atoms with van der Waals surface area (Å²) in [5, 5.41) is 6.36. The third-order valence-corrected chi connectivity index (χ3v) is 4.86. The number of carbonyl (C=O) groups is 1. The molecule has 4 aromatic rings. The number of amides is 1. The molecular weight excluding hydrogens is 334 g/mol. The van der Waals surface area contributed by atoms with Crippen LogP contribution in [0.5, 0.6) is 0 Å². The van der Waals surface area contributed by atoms with Gasteiger partial charge in [0, 0.05) is 5.39 Å². The predicted octanol–water partition coefficient (Wildman–Crippen LogP) is 6.10. The molecule has 3 nitrogen and oxygen atoms in total. The molecule has 0 saturated heterocycles. The summed E-state index contributed by atoms with van der Waals surface area (Å²) in [4.78, 5) is 12.9. The van der Waals surface area contributed by atoms with Crippen LogP contribution in [0.4, 0.5) is 0 Å². The van der Waals surface area contributed by atoms with Crippen LogP contribution in [0.2, 0.25) is 0 Å². The first kappa shape index (κ1) is 17.3. The second-order valence-electron chi connectivity index (χ2n) is 7.38. The molecule has 0 bridgehead atoms. The Kier molecular flexibility index (Phi) is 4.68. The summed E-state index contributed by atoms with van der Waals surface area (Å²) in [6, 6.07) is 24.0. The average Bonchev–Trinajstić information content (AvgIpc) is 3.13. The van der Waals surface area contributed by atoms with E-state index in [2.05, 4.69) is 43.4 Å². The number of carbonyl (C=O) groups excluding carboxylic acids is 1. The molecule has 0 radical (unpaired) electrons. The number of furan rings is 1. The van der Waals surface area contributed by atoms with E-state index in [0.717, 1.165) is 33.7 Å². The zero-order valence-electron chi connectivity index (χ0n) is 15.6. The van der Waals surface area contributed by atoms with Gasteiger partial charge in [-0.05, 0) is 40.8 Å². The van der Waals surface area contributed by atoms with Gasteiger partial charge in [-0.25, -0.2) is 0 Å². The van der Waals surface area contributed by atoms with Crippen molar-refractivity contribution in [2.75, 3.05) is 0 Å². The zero-order chi connectivity index (χ0) is 18.8. The van der Waals surface area contributed by atoms with Gasteiger partial charge in [0.25, 0.3) is 5.91 Å². The number of fused-ring (bicyclic) bond motifs is 3. The van der Waals surface area contributed by atoms with Crippen LogP contribution in [0.25, 0.3) is 21.7 Å². The van der Waals surface area contributed by atoms with Crippen molar-refractivity contribution in [2.24, 2.45) is 5.92 Å². The highest BCUT2D eigenvalue weighted by molar-refractivity contribution is 6.08. The predicted molar refractivity (Wildman–Crippen MR) is 110 cm³/mol. The topological polar surface area (TPSA) is 42.2 Å². The van der Waals surface area contributed by atoms with Crippen molar-refractivity contribution in [3.05, 3.63) is 84.1 Å². The molecule has 1 amide bonds. The van der Waals surface area contributed by atoms with Gasteiger partial charge in [0.05, 0.1) is 6.04 Å². The Morgan fingerprint density at radius 1 is 0.926 bits per heavy atom. The maximum atomic E-state index is 12.9. The SMILES string of the molecule is CC(C)CC(NC(=O)c1cc2c(ccc3ccccc32)o1)c1ccccc1. The van der Waals surface area contributed by atoms with Crippen LogP contribution >= 0.6 is 0 Å². The second-order valence-corrected chi connectivity index (χ2v) is 7.38. The van der Waals surface area contributed by atoms with Crippen LogP contribution < -0.4 is 5.32 Å². The van der Waals surface area contributed by atoms with Crippen LogP contribution in [0.1, 0.15) is 42.4 Å². The van der Waals surface area contributed by atoms with Crippen molar-refractivity contribution < 1.29 is 9.21 Å². The first-order valence-corrected chi connectivity index (χ1v) is 9.39. The lowest BCUT2D eigenvalue weighted by Crippen LogP contribution is -2.29. The summed E-state index contributed by atoms with van der Waals surface area (Å²) in [5.74, 6) is 0.644. The van der Waals surface area contributed by atoms with E-state index in [4.69, 9.17) is 4.42 Å². The lowest BCUT2D eigenvalue weighted by atomic mass is 9.97. The molecule has 0 spiro atoms. The van der Waals surface area contributed by atoms with Gasteiger partial charge >= 0.3 is 0 Å². The molecule has 27 heavy (non-hydrogen) atoms. The van der Waals surface area contributed by atoms with Gasteiger partial charge in [0.1, 0.15) is 5.58 Å². The van der Waals surface area contributed by atoms with Gasteiger partial charge in [-0.3, -0.25) is 4.79 Å². The quantitative estimate of drug-likeness (QED) is 0.469. The minimum atomic E-state index is -0.176. The number of nitrogens with one attached hydrogen (secondary N) is 1. The van der Waals surface area contributed by atoms with E-state index in [0.29, 0.717) is 11.7 Å². The lowest BCUT2D eigenvalue weighted by molar-refractivity contribution is 0.0906. The highest BCUT2D eigenvalue weighted by Crippen LogP contribution is 2.29. The molecule has 0 fully saturated rings. The Morgan fingerprint density at radius 2 is 1.67 bits per heavy atom. The van der Waals surface area contributed by atoms with Crippen molar-refractivity contribution in [3.63, 3.8) is 0 Å². The molecule has 3 aromatic carbocycles. The standard InChI is InChI=1S/C24H23NO2/c1-16(2)14-21(18-9-4-3-5-10-18)25-24(26)23-15-20-19-11-7-6-8-17(19)12-13-22(20)27-23/h3-13,15-16,21H,14H2,1-2H3,(H,25,26). The zero-order valence-corrected chi connectivity index (χ0v) is 15.6. The molecule has 1 unspecified atom stereocenters. The monoisotopic (exact) mass is 357 g/mol. The smallest absolute Gasteiger partial charge is 0.287 e. The van der Waals surface area contributed by atoms with Gasteiger partial charge in [-0.15, -0.1) is 0 Å². The summed E-state index contributed by atoms with van der Waals surface area (Å²) in [6.45, 7) is 4.32. The molecule has 4 rings (SSSR count). The lowest BCUT2D eigenvalue weighted by Gasteiger charge is -2.20. The summed E-state index contributed by atoms with van der Waals surface area (Å²) >= 11 is 0. The molecule has 0 aliphatic rings. The Hall–Kier alpha value is -3.07. The highest BCUT2D eigenvalue weighted by Gasteiger charge is 2.20. The fraction of sp³-hybridized carbons (Fsp3) is 0.208. The van der Waals surface area contributed by atoms with E-state index >= 15 is 0 Å². The van der Waals surface area contributed by atoms with E-state index in [1.54, 1.807) is 0 Å². The molecular formula is C24H23NO2. The molecule has 136 valence electrons. The van der Waals surface area contributed by atoms with Crippen molar-refractivity contribution in [1.29, 1.82) is 0 Å². The third-order valence-electron chi connectivity index (χ3n) is 4.86. The third kappa shape index (κ3) is 3.59. The molecule has 1 N–H and O–H groups in total. The Morgan fingerprint density at radius 3 is 2.44 bits per heavy atom.